The lowest BCUT2D eigenvalue weighted by molar-refractivity contribution is 0.178. The van der Waals surface area contributed by atoms with Crippen LogP contribution in [-0.4, -0.2) is 12.1 Å². The summed E-state index contributed by atoms with van der Waals surface area (Å²) in [6.07, 6.45) is 0. The van der Waals surface area contributed by atoms with E-state index in [-0.39, 0.29) is 0 Å². The van der Waals surface area contributed by atoms with Crippen molar-refractivity contribution in [3.63, 3.8) is 0 Å². The standard InChI is InChI=1S/C15H16ClNO2/c1-11-8-14(13(10-18-2)15(16)17-11)19-9-12-6-4-3-5-7-12/h3-8H,9-10H2,1-2H3. The molecule has 4 heteroatoms. The van der Waals surface area contributed by atoms with E-state index in [0.717, 1.165) is 22.6 Å². The topological polar surface area (TPSA) is 31.4 Å². The maximum absolute atomic E-state index is 6.12. The summed E-state index contributed by atoms with van der Waals surface area (Å²) in [5.41, 5.74) is 2.72. The highest BCUT2D eigenvalue weighted by Gasteiger charge is 2.11. The van der Waals surface area contributed by atoms with Crippen LogP contribution < -0.4 is 4.74 Å². The third-order valence-corrected chi connectivity index (χ3v) is 3.00. The van der Waals surface area contributed by atoms with Crippen molar-refractivity contribution in [2.45, 2.75) is 20.1 Å². The molecule has 0 saturated heterocycles. The summed E-state index contributed by atoms with van der Waals surface area (Å²) < 4.78 is 11.0. The highest BCUT2D eigenvalue weighted by Crippen LogP contribution is 2.27. The molecule has 1 aromatic carbocycles. The zero-order valence-corrected chi connectivity index (χ0v) is 11.8. The first-order chi connectivity index (χ1) is 9.20. The van der Waals surface area contributed by atoms with Gasteiger partial charge in [-0.2, -0.15) is 0 Å². The molecule has 0 aliphatic carbocycles. The Labute approximate surface area is 118 Å². The number of benzene rings is 1. The number of rotatable bonds is 5. The predicted molar refractivity (Wildman–Crippen MR) is 75.5 cm³/mol. The summed E-state index contributed by atoms with van der Waals surface area (Å²) in [5, 5.41) is 0.435. The Morgan fingerprint density at radius 2 is 1.89 bits per heavy atom. The van der Waals surface area contributed by atoms with Gasteiger partial charge in [0, 0.05) is 18.9 Å². The number of halogens is 1. The normalized spacial score (nSPS) is 10.5. The van der Waals surface area contributed by atoms with Crippen molar-refractivity contribution in [2.24, 2.45) is 0 Å². The number of nitrogens with zero attached hydrogens (tertiary/aromatic N) is 1. The molecule has 0 bridgehead atoms. The third-order valence-electron chi connectivity index (χ3n) is 2.69. The summed E-state index contributed by atoms with van der Waals surface area (Å²) in [5.74, 6) is 0.725. The van der Waals surface area contributed by atoms with Gasteiger partial charge in [-0.25, -0.2) is 4.98 Å². The first kappa shape index (κ1) is 13.8. The van der Waals surface area contributed by atoms with Gasteiger partial charge < -0.3 is 9.47 Å². The first-order valence-corrected chi connectivity index (χ1v) is 6.40. The van der Waals surface area contributed by atoms with E-state index in [1.165, 1.54) is 0 Å². The van der Waals surface area contributed by atoms with Crippen LogP contribution in [0, 0.1) is 6.92 Å². The second-order valence-corrected chi connectivity index (χ2v) is 4.60. The number of methoxy groups -OCH3 is 1. The zero-order chi connectivity index (χ0) is 13.7. The van der Waals surface area contributed by atoms with Crippen LogP contribution in [0.5, 0.6) is 5.75 Å². The molecule has 1 aromatic heterocycles. The minimum absolute atomic E-state index is 0.385. The summed E-state index contributed by atoms with van der Waals surface area (Å²) in [6.45, 7) is 2.77. The molecule has 0 fully saturated rings. The molecule has 0 aliphatic rings. The average molecular weight is 278 g/mol. The molecule has 19 heavy (non-hydrogen) atoms. The molecule has 0 spiro atoms. The predicted octanol–water partition coefficient (Wildman–Crippen LogP) is 3.77. The van der Waals surface area contributed by atoms with Gasteiger partial charge in [0.05, 0.1) is 12.2 Å². The Morgan fingerprint density at radius 1 is 1.16 bits per heavy atom. The number of hydrogen-bond donors (Lipinski definition) is 0. The monoisotopic (exact) mass is 277 g/mol. The van der Waals surface area contributed by atoms with E-state index in [0.29, 0.717) is 18.4 Å². The average Bonchev–Trinajstić information content (AvgIpc) is 2.41. The van der Waals surface area contributed by atoms with Crippen LogP contribution in [0.4, 0.5) is 0 Å². The van der Waals surface area contributed by atoms with Gasteiger partial charge in [0.1, 0.15) is 17.5 Å². The lowest BCUT2D eigenvalue weighted by Crippen LogP contribution is -2.02. The van der Waals surface area contributed by atoms with E-state index in [9.17, 15) is 0 Å². The number of aryl methyl sites for hydroxylation is 1. The van der Waals surface area contributed by atoms with Gasteiger partial charge in [0.15, 0.2) is 0 Å². The van der Waals surface area contributed by atoms with Crippen LogP contribution in [0.15, 0.2) is 36.4 Å². The maximum Gasteiger partial charge on any atom is 0.138 e. The van der Waals surface area contributed by atoms with Crippen LogP contribution in [0.2, 0.25) is 5.15 Å². The highest BCUT2D eigenvalue weighted by molar-refractivity contribution is 6.30. The van der Waals surface area contributed by atoms with Crippen LogP contribution in [0.1, 0.15) is 16.8 Å². The van der Waals surface area contributed by atoms with Gasteiger partial charge >= 0.3 is 0 Å². The van der Waals surface area contributed by atoms with Crippen LogP contribution in [0.25, 0.3) is 0 Å². The molecule has 3 nitrogen and oxygen atoms in total. The minimum Gasteiger partial charge on any atom is -0.488 e. The SMILES string of the molecule is COCc1c(OCc2ccccc2)cc(C)nc1Cl. The fraction of sp³-hybridized carbons (Fsp3) is 0.267. The smallest absolute Gasteiger partial charge is 0.138 e. The van der Waals surface area contributed by atoms with E-state index in [2.05, 4.69) is 4.98 Å². The van der Waals surface area contributed by atoms with Crippen molar-refractivity contribution < 1.29 is 9.47 Å². The summed E-state index contributed by atoms with van der Waals surface area (Å²) >= 11 is 6.12. The van der Waals surface area contributed by atoms with Gasteiger partial charge in [-0.1, -0.05) is 41.9 Å². The number of pyridine rings is 1. The molecule has 0 aliphatic heterocycles. The summed E-state index contributed by atoms with van der Waals surface area (Å²) in [4.78, 5) is 4.21. The van der Waals surface area contributed by atoms with Gasteiger partial charge in [-0.05, 0) is 12.5 Å². The summed E-state index contributed by atoms with van der Waals surface area (Å²) in [6, 6.07) is 11.9. The van der Waals surface area contributed by atoms with Crippen molar-refractivity contribution in [2.75, 3.05) is 7.11 Å². The Bertz CT molecular complexity index is 543. The molecule has 0 atom stereocenters. The Kier molecular flexibility index (Phi) is 4.77. The van der Waals surface area contributed by atoms with E-state index < -0.39 is 0 Å². The molecule has 0 unspecified atom stereocenters. The van der Waals surface area contributed by atoms with Crippen molar-refractivity contribution >= 4 is 11.6 Å². The van der Waals surface area contributed by atoms with E-state index in [4.69, 9.17) is 21.1 Å². The molecule has 2 aromatic rings. The molecule has 0 N–H and O–H groups in total. The lowest BCUT2D eigenvalue weighted by Gasteiger charge is -2.13. The molecule has 100 valence electrons. The van der Waals surface area contributed by atoms with Crippen LogP contribution in [0.3, 0.4) is 0 Å². The molecule has 0 amide bonds. The van der Waals surface area contributed by atoms with Gasteiger partial charge in [-0.15, -0.1) is 0 Å². The lowest BCUT2D eigenvalue weighted by atomic mass is 10.2. The fourth-order valence-electron chi connectivity index (χ4n) is 1.77. The number of ether oxygens (including phenoxy) is 2. The van der Waals surface area contributed by atoms with Crippen molar-refractivity contribution in [3.8, 4) is 5.75 Å². The van der Waals surface area contributed by atoms with E-state index >= 15 is 0 Å². The maximum atomic E-state index is 6.12. The Hall–Kier alpha value is -1.58. The number of hydrogen-bond acceptors (Lipinski definition) is 3. The third kappa shape index (κ3) is 3.69. The Morgan fingerprint density at radius 3 is 2.58 bits per heavy atom. The van der Waals surface area contributed by atoms with Gasteiger partial charge in [0.25, 0.3) is 0 Å². The quantitative estimate of drug-likeness (QED) is 0.780. The molecular formula is C15H16ClNO2. The largest absolute Gasteiger partial charge is 0.488 e. The minimum atomic E-state index is 0.385. The van der Waals surface area contributed by atoms with Crippen molar-refractivity contribution in [1.29, 1.82) is 0 Å². The molecular weight excluding hydrogens is 262 g/mol. The second kappa shape index (κ2) is 6.55. The molecule has 0 radical (unpaired) electrons. The van der Waals surface area contributed by atoms with Gasteiger partial charge in [-0.3, -0.25) is 0 Å². The van der Waals surface area contributed by atoms with Crippen LogP contribution >= 0.6 is 11.6 Å². The van der Waals surface area contributed by atoms with Crippen LogP contribution in [-0.2, 0) is 18.0 Å². The first-order valence-electron chi connectivity index (χ1n) is 6.02. The Balaban J connectivity index is 2.19. The van der Waals surface area contributed by atoms with Crippen molar-refractivity contribution in [1.82, 2.24) is 4.98 Å². The zero-order valence-electron chi connectivity index (χ0n) is 11.0. The summed E-state index contributed by atoms with van der Waals surface area (Å²) in [7, 11) is 1.62. The number of aromatic nitrogens is 1. The second-order valence-electron chi connectivity index (χ2n) is 4.24. The highest BCUT2D eigenvalue weighted by atomic mass is 35.5. The van der Waals surface area contributed by atoms with E-state index in [1.54, 1.807) is 7.11 Å². The van der Waals surface area contributed by atoms with E-state index in [1.807, 2.05) is 43.3 Å². The molecule has 0 saturated carbocycles. The van der Waals surface area contributed by atoms with Crippen molar-refractivity contribution in [3.05, 3.63) is 58.4 Å². The fourth-order valence-corrected chi connectivity index (χ4v) is 2.05. The van der Waals surface area contributed by atoms with Gasteiger partial charge in [0.2, 0.25) is 0 Å². The molecule has 1 heterocycles. The molecule has 2 rings (SSSR count).